The first-order valence-electron chi connectivity index (χ1n) is 8.25. The lowest BCUT2D eigenvalue weighted by atomic mass is 10.1. The molecule has 0 unspecified atom stereocenters. The smallest absolute Gasteiger partial charge is 0.326 e. The summed E-state index contributed by atoms with van der Waals surface area (Å²) in [5, 5.41) is -0.0788. The highest BCUT2D eigenvalue weighted by Crippen LogP contribution is 2.14. The van der Waals surface area contributed by atoms with Crippen molar-refractivity contribution in [3.05, 3.63) is 0 Å². The number of rotatable bonds is 9. The fourth-order valence-corrected chi connectivity index (χ4v) is 2.51. The van der Waals surface area contributed by atoms with E-state index in [1.54, 1.807) is 34.6 Å². The zero-order valence-corrected chi connectivity index (χ0v) is 16.7. The Bertz CT molecular complexity index is 486. The Hall–Kier alpha value is -1.57. The molecule has 0 aromatic carbocycles. The van der Waals surface area contributed by atoms with E-state index >= 15 is 0 Å². The normalized spacial score (nSPS) is 12.2. The molecule has 1 amide bonds. The lowest BCUT2D eigenvalue weighted by Gasteiger charge is -2.27. The average Bonchev–Trinajstić information content (AvgIpc) is 2.46. The highest BCUT2D eigenvalue weighted by molar-refractivity contribution is 8.13. The van der Waals surface area contributed by atoms with E-state index in [4.69, 9.17) is 9.47 Å². The van der Waals surface area contributed by atoms with Gasteiger partial charge in [0, 0.05) is 25.1 Å². The van der Waals surface area contributed by atoms with E-state index < -0.39 is 23.5 Å². The zero-order chi connectivity index (χ0) is 19.6. The van der Waals surface area contributed by atoms with Crippen molar-refractivity contribution in [2.45, 2.75) is 53.6 Å². The highest BCUT2D eigenvalue weighted by Gasteiger charge is 2.26. The molecular weight excluding hydrogens is 346 g/mol. The summed E-state index contributed by atoms with van der Waals surface area (Å²) in [6, 6.07) is 0. The third kappa shape index (κ3) is 11.6. The Morgan fingerprint density at radius 1 is 1.12 bits per heavy atom. The van der Waals surface area contributed by atoms with E-state index in [2.05, 4.69) is 0 Å². The molecular formula is C17H29NO6S. The number of hydrogen-bond acceptors (Lipinski definition) is 7. The predicted molar refractivity (Wildman–Crippen MR) is 96.0 cm³/mol. The number of amides is 1. The Morgan fingerprint density at radius 3 is 2.20 bits per heavy atom. The number of nitrogens with zero attached hydrogens (tertiary/aromatic N) is 1. The SMILES string of the molecule is CCOC(=O)CCN(CC(=O)OC(C)(C)C)C(=O)[C@H](C)CSC(C)=O. The summed E-state index contributed by atoms with van der Waals surface area (Å²) in [5.41, 5.74) is -0.664. The van der Waals surface area contributed by atoms with Crippen LogP contribution >= 0.6 is 11.8 Å². The Kier molecular flexibility index (Phi) is 10.4. The van der Waals surface area contributed by atoms with Crippen molar-refractivity contribution in [2.75, 3.05) is 25.4 Å². The molecule has 25 heavy (non-hydrogen) atoms. The minimum atomic E-state index is -0.664. The second kappa shape index (κ2) is 11.1. The molecule has 0 rings (SSSR count). The monoisotopic (exact) mass is 375 g/mol. The van der Waals surface area contributed by atoms with E-state index in [1.165, 1.54) is 11.8 Å². The number of carbonyl (C=O) groups is 4. The molecule has 0 aliphatic carbocycles. The quantitative estimate of drug-likeness (QED) is 0.570. The van der Waals surface area contributed by atoms with Crippen molar-refractivity contribution in [1.82, 2.24) is 4.90 Å². The molecule has 0 heterocycles. The molecule has 1 atom stereocenters. The van der Waals surface area contributed by atoms with E-state index in [9.17, 15) is 19.2 Å². The molecule has 0 radical (unpaired) electrons. The molecule has 0 bridgehead atoms. The van der Waals surface area contributed by atoms with E-state index in [0.717, 1.165) is 11.8 Å². The molecule has 0 N–H and O–H groups in total. The van der Waals surface area contributed by atoms with Gasteiger partial charge in [-0.25, -0.2) is 0 Å². The van der Waals surface area contributed by atoms with Crippen LogP contribution < -0.4 is 0 Å². The third-order valence-electron chi connectivity index (χ3n) is 2.90. The zero-order valence-electron chi connectivity index (χ0n) is 15.9. The Morgan fingerprint density at radius 2 is 1.72 bits per heavy atom. The first-order valence-corrected chi connectivity index (χ1v) is 9.24. The van der Waals surface area contributed by atoms with Gasteiger partial charge < -0.3 is 14.4 Å². The molecule has 8 heteroatoms. The van der Waals surface area contributed by atoms with Crippen LogP contribution in [0.2, 0.25) is 0 Å². The van der Waals surface area contributed by atoms with Gasteiger partial charge in [0.2, 0.25) is 5.91 Å². The molecule has 0 aliphatic rings. The first kappa shape index (κ1) is 23.4. The van der Waals surface area contributed by atoms with Crippen LogP contribution in [0.25, 0.3) is 0 Å². The minimum absolute atomic E-state index is 0.00501. The van der Waals surface area contributed by atoms with Crippen molar-refractivity contribution in [1.29, 1.82) is 0 Å². The molecule has 0 aromatic heterocycles. The molecule has 0 aromatic rings. The van der Waals surface area contributed by atoms with Gasteiger partial charge in [-0.2, -0.15) is 0 Å². The Labute approximate surface area is 153 Å². The molecule has 0 spiro atoms. The number of ether oxygens (including phenoxy) is 2. The van der Waals surface area contributed by atoms with Gasteiger partial charge in [0.05, 0.1) is 13.0 Å². The second-order valence-electron chi connectivity index (χ2n) is 6.60. The number of esters is 2. The molecule has 7 nitrogen and oxygen atoms in total. The topological polar surface area (TPSA) is 90.0 Å². The molecule has 0 aliphatic heterocycles. The number of carbonyl (C=O) groups excluding carboxylic acids is 4. The predicted octanol–water partition coefficient (Wildman–Crippen LogP) is 2.03. The van der Waals surface area contributed by atoms with Crippen LogP contribution in [0.4, 0.5) is 0 Å². The summed E-state index contributed by atoms with van der Waals surface area (Å²) in [5.74, 6) is -1.42. The van der Waals surface area contributed by atoms with Crippen LogP contribution in [0.1, 0.15) is 48.0 Å². The van der Waals surface area contributed by atoms with Gasteiger partial charge in [-0.15, -0.1) is 0 Å². The number of hydrogen-bond donors (Lipinski definition) is 0. The Balaban J connectivity index is 4.91. The van der Waals surface area contributed by atoms with Crippen LogP contribution in [-0.2, 0) is 28.7 Å². The van der Waals surface area contributed by atoms with Crippen molar-refractivity contribution in [2.24, 2.45) is 5.92 Å². The van der Waals surface area contributed by atoms with E-state index in [-0.39, 0.29) is 37.1 Å². The molecule has 0 saturated carbocycles. The van der Waals surface area contributed by atoms with Gasteiger partial charge >= 0.3 is 11.9 Å². The van der Waals surface area contributed by atoms with Gasteiger partial charge in [-0.05, 0) is 27.7 Å². The van der Waals surface area contributed by atoms with Gasteiger partial charge in [0.1, 0.15) is 12.1 Å². The van der Waals surface area contributed by atoms with Gasteiger partial charge in [-0.3, -0.25) is 19.2 Å². The summed E-state index contributed by atoms with van der Waals surface area (Å²) >= 11 is 1.05. The van der Waals surface area contributed by atoms with Crippen molar-refractivity contribution < 1.29 is 28.7 Å². The lowest BCUT2D eigenvalue weighted by molar-refractivity contribution is -0.160. The first-order chi connectivity index (χ1) is 11.5. The maximum Gasteiger partial charge on any atom is 0.326 e. The maximum atomic E-state index is 12.6. The standard InChI is InChI=1S/C17H29NO6S/c1-7-23-14(20)8-9-18(10-15(21)24-17(4,5)6)16(22)12(2)11-25-13(3)19/h12H,7-11H2,1-6H3/t12-/m1/s1. The largest absolute Gasteiger partial charge is 0.466 e. The average molecular weight is 375 g/mol. The van der Waals surface area contributed by atoms with Gasteiger partial charge in [0.25, 0.3) is 0 Å². The summed E-state index contributed by atoms with van der Waals surface area (Å²) in [6.07, 6.45) is -0.00501. The van der Waals surface area contributed by atoms with Gasteiger partial charge in [-0.1, -0.05) is 18.7 Å². The van der Waals surface area contributed by atoms with Crippen LogP contribution in [0.5, 0.6) is 0 Å². The summed E-state index contributed by atoms with van der Waals surface area (Å²) in [6.45, 7) is 10.1. The highest BCUT2D eigenvalue weighted by atomic mass is 32.2. The number of thioether (sulfide) groups is 1. The molecule has 144 valence electrons. The summed E-state index contributed by atoms with van der Waals surface area (Å²) in [4.78, 5) is 48.5. The van der Waals surface area contributed by atoms with Crippen molar-refractivity contribution >= 4 is 34.7 Å². The van der Waals surface area contributed by atoms with Crippen LogP contribution in [-0.4, -0.2) is 58.9 Å². The van der Waals surface area contributed by atoms with E-state index in [1.807, 2.05) is 0 Å². The van der Waals surface area contributed by atoms with Crippen molar-refractivity contribution in [3.8, 4) is 0 Å². The third-order valence-corrected chi connectivity index (χ3v) is 3.97. The second-order valence-corrected chi connectivity index (χ2v) is 7.80. The maximum absolute atomic E-state index is 12.6. The fraction of sp³-hybridized carbons (Fsp3) is 0.765. The van der Waals surface area contributed by atoms with Crippen LogP contribution in [0, 0.1) is 5.92 Å². The lowest BCUT2D eigenvalue weighted by Crippen LogP contribution is -2.42. The van der Waals surface area contributed by atoms with Crippen LogP contribution in [0.15, 0.2) is 0 Å². The van der Waals surface area contributed by atoms with Gasteiger partial charge in [0.15, 0.2) is 5.12 Å². The summed E-state index contributed by atoms with van der Waals surface area (Å²) < 4.78 is 10.1. The van der Waals surface area contributed by atoms with E-state index in [0.29, 0.717) is 5.75 Å². The molecule has 0 fully saturated rings. The minimum Gasteiger partial charge on any atom is -0.466 e. The van der Waals surface area contributed by atoms with Crippen molar-refractivity contribution in [3.63, 3.8) is 0 Å². The van der Waals surface area contributed by atoms with Crippen LogP contribution in [0.3, 0.4) is 0 Å². The fourth-order valence-electron chi connectivity index (χ4n) is 1.88. The molecule has 0 saturated heterocycles. The summed E-state index contributed by atoms with van der Waals surface area (Å²) in [7, 11) is 0.